The second-order valence-electron chi connectivity index (χ2n) is 4.68. The Balaban J connectivity index is 1.88. The van der Waals surface area contributed by atoms with Crippen LogP contribution in [-0.4, -0.2) is 20.1 Å². The van der Waals surface area contributed by atoms with E-state index < -0.39 is 0 Å². The van der Waals surface area contributed by atoms with Crippen molar-refractivity contribution in [1.82, 2.24) is 5.48 Å². The van der Waals surface area contributed by atoms with Crippen molar-refractivity contribution in [2.45, 2.75) is 6.61 Å². The Bertz CT molecular complexity index is 668. The van der Waals surface area contributed by atoms with E-state index in [-0.39, 0.29) is 5.91 Å². The highest BCUT2D eigenvalue weighted by molar-refractivity contribution is 5.91. The van der Waals surface area contributed by atoms with Crippen LogP contribution in [0.2, 0.25) is 0 Å². The molecule has 120 valence electrons. The largest absolute Gasteiger partial charge is 0.497 e. The van der Waals surface area contributed by atoms with Gasteiger partial charge < -0.3 is 9.47 Å². The summed E-state index contributed by atoms with van der Waals surface area (Å²) in [4.78, 5) is 16.9. The fourth-order valence-corrected chi connectivity index (χ4v) is 1.92. The number of hydrogen-bond acceptors (Lipinski definition) is 4. The van der Waals surface area contributed by atoms with E-state index in [1.165, 1.54) is 6.08 Å². The number of carbonyl (C=O) groups is 1. The number of hydroxylamine groups is 1. The third-order valence-corrected chi connectivity index (χ3v) is 3.11. The molecule has 2 rings (SSSR count). The number of hydrogen-bond donors (Lipinski definition) is 1. The molecule has 23 heavy (non-hydrogen) atoms. The van der Waals surface area contributed by atoms with Crippen LogP contribution >= 0.6 is 0 Å². The van der Waals surface area contributed by atoms with Crippen LogP contribution in [0.4, 0.5) is 0 Å². The maximum absolute atomic E-state index is 11.7. The molecule has 0 saturated heterocycles. The quantitative estimate of drug-likeness (QED) is 0.631. The molecule has 1 amide bonds. The monoisotopic (exact) mass is 313 g/mol. The van der Waals surface area contributed by atoms with Crippen molar-refractivity contribution < 1.29 is 19.1 Å². The lowest BCUT2D eigenvalue weighted by molar-refractivity contribution is -0.129. The van der Waals surface area contributed by atoms with E-state index in [0.29, 0.717) is 18.1 Å². The highest BCUT2D eigenvalue weighted by Gasteiger charge is 2.03. The highest BCUT2D eigenvalue weighted by atomic mass is 16.6. The van der Waals surface area contributed by atoms with Crippen molar-refractivity contribution in [3.63, 3.8) is 0 Å². The first-order valence-electron chi connectivity index (χ1n) is 7.08. The van der Waals surface area contributed by atoms with Crippen LogP contribution in [0.15, 0.2) is 54.6 Å². The summed E-state index contributed by atoms with van der Waals surface area (Å²) in [5, 5.41) is 0. The van der Waals surface area contributed by atoms with Crippen molar-refractivity contribution in [2.24, 2.45) is 0 Å². The van der Waals surface area contributed by atoms with Crippen LogP contribution in [0.1, 0.15) is 11.1 Å². The van der Waals surface area contributed by atoms with E-state index >= 15 is 0 Å². The van der Waals surface area contributed by atoms with Crippen LogP contribution in [-0.2, 0) is 16.2 Å². The minimum absolute atomic E-state index is 0.312. The number of carbonyl (C=O) groups excluding carboxylic acids is 1. The first-order chi connectivity index (χ1) is 11.2. The van der Waals surface area contributed by atoms with Crippen LogP contribution in [0.3, 0.4) is 0 Å². The standard InChI is InChI=1S/C18H19NO4/c1-21-16-10-8-15(17(12-16)22-2)9-11-18(20)19-23-13-14-6-4-3-5-7-14/h3-12H,13H2,1-2H3,(H,19,20). The number of methoxy groups -OCH3 is 2. The molecule has 0 aliphatic rings. The molecule has 5 heteroatoms. The molecule has 0 aromatic heterocycles. The van der Waals surface area contributed by atoms with Gasteiger partial charge in [0.1, 0.15) is 11.5 Å². The van der Waals surface area contributed by atoms with Gasteiger partial charge in [0, 0.05) is 17.7 Å². The molecule has 0 aliphatic heterocycles. The van der Waals surface area contributed by atoms with Gasteiger partial charge in [0.2, 0.25) is 0 Å². The molecule has 1 N–H and O–H groups in total. The number of ether oxygens (including phenoxy) is 2. The lowest BCUT2D eigenvalue weighted by Gasteiger charge is -2.07. The maximum atomic E-state index is 11.7. The summed E-state index contributed by atoms with van der Waals surface area (Å²) in [5.74, 6) is 0.965. The lowest BCUT2D eigenvalue weighted by atomic mass is 10.1. The minimum Gasteiger partial charge on any atom is -0.497 e. The maximum Gasteiger partial charge on any atom is 0.267 e. The number of nitrogens with one attached hydrogen (secondary N) is 1. The first kappa shape index (κ1) is 16.6. The smallest absolute Gasteiger partial charge is 0.267 e. The van der Waals surface area contributed by atoms with E-state index in [1.54, 1.807) is 32.4 Å². The van der Waals surface area contributed by atoms with Crippen molar-refractivity contribution >= 4 is 12.0 Å². The zero-order valence-electron chi connectivity index (χ0n) is 13.1. The Morgan fingerprint density at radius 2 is 1.87 bits per heavy atom. The van der Waals surface area contributed by atoms with Crippen molar-refractivity contribution in [2.75, 3.05) is 14.2 Å². The molecule has 0 unspecified atom stereocenters. The van der Waals surface area contributed by atoms with E-state index in [1.807, 2.05) is 36.4 Å². The lowest BCUT2D eigenvalue weighted by Crippen LogP contribution is -2.21. The molecular weight excluding hydrogens is 294 g/mol. The molecule has 0 saturated carbocycles. The number of amides is 1. The molecule has 0 heterocycles. The van der Waals surface area contributed by atoms with Crippen LogP contribution in [0.5, 0.6) is 11.5 Å². The average molecular weight is 313 g/mol. The fourth-order valence-electron chi connectivity index (χ4n) is 1.92. The Morgan fingerprint density at radius 3 is 2.57 bits per heavy atom. The second kappa shape index (κ2) is 8.60. The summed E-state index contributed by atoms with van der Waals surface area (Å²) in [6.45, 7) is 0.312. The summed E-state index contributed by atoms with van der Waals surface area (Å²) >= 11 is 0. The van der Waals surface area contributed by atoms with Gasteiger partial charge in [-0.15, -0.1) is 0 Å². The zero-order valence-corrected chi connectivity index (χ0v) is 13.1. The molecule has 0 spiro atoms. The van der Waals surface area contributed by atoms with Gasteiger partial charge in [-0.05, 0) is 23.8 Å². The van der Waals surface area contributed by atoms with Gasteiger partial charge in [0.05, 0.1) is 20.8 Å². The summed E-state index contributed by atoms with van der Waals surface area (Å²) in [6, 6.07) is 15.0. The molecule has 0 radical (unpaired) electrons. The molecule has 0 bridgehead atoms. The van der Waals surface area contributed by atoms with Crippen LogP contribution < -0.4 is 15.0 Å². The van der Waals surface area contributed by atoms with Gasteiger partial charge in [0.15, 0.2) is 0 Å². The van der Waals surface area contributed by atoms with Crippen LogP contribution in [0, 0.1) is 0 Å². The minimum atomic E-state index is -0.348. The highest BCUT2D eigenvalue weighted by Crippen LogP contribution is 2.25. The Morgan fingerprint density at radius 1 is 1.09 bits per heavy atom. The number of rotatable bonds is 7. The van der Waals surface area contributed by atoms with E-state index in [2.05, 4.69) is 5.48 Å². The predicted molar refractivity (Wildman–Crippen MR) is 88.0 cm³/mol. The summed E-state index contributed by atoms with van der Waals surface area (Å²) in [7, 11) is 3.15. The molecule has 0 atom stereocenters. The average Bonchev–Trinajstić information content (AvgIpc) is 2.60. The molecular formula is C18H19NO4. The van der Waals surface area contributed by atoms with E-state index in [0.717, 1.165) is 11.1 Å². The van der Waals surface area contributed by atoms with Gasteiger partial charge in [-0.2, -0.15) is 0 Å². The van der Waals surface area contributed by atoms with Gasteiger partial charge in [0.25, 0.3) is 5.91 Å². The summed E-state index contributed by atoms with van der Waals surface area (Å²) in [6.07, 6.45) is 3.04. The van der Waals surface area contributed by atoms with Crippen LogP contribution in [0.25, 0.3) is 6.08 Å². The van der Waals surface area contributed by atoms with E-state index in [9.17, 15) is 4.79 Å². The Hall–Kier alpha value is -2.79. The molecule has 2 aromatic carbocycles. The SMILES string of the molecule is COc1ccc(C=CC(=O)NOCc2ccccc2)c(OC)c1. The zero-order chi connectivity index (χ0) is 16.5. The summed E-state index contributed by atoms with van der Waals surface area (Å²) < 4.78 is 10.4. The number of benzene rings is 2. The fraction of sp³-hybridized carbons (Fsp3) is 0.167. The third-order valence-electron chi connectivity index (χ3n) is 3.11. The Kier molecular flexibility index (Phi) is 6.20. The molecule has 2 aromatic rings. The Labute approximate surface area is 135 Å². The predicted octanol–water partition coefficient (Wildman–Crippen LogP) is 2.97. The topological polar surface area (TPSA) is 56.8 Å². The molecule has 0 aliphatic carbocycles. The van der Waals surface area contributed by atoms with Crippen molar-refractivity contribution in [3.05, 3.63) is 65.7 Å². The van der Waals surface area contributed by atoms with E-state index in [4.69, 9.17) is 14.3 Å². The molecule has 5 nitrogen and oxygen atoms in total. The van der Waals surface area contributed by atoms with Gasteiger partial charge in [-0.3, -0.25) is 9.63 Å². The van der Waals surface area contributed by atoms with Crippen molar-refractivity contribution in [3.8, 4) is 11.5 Å². The summed E-state index contributed by atoms with van der Waals surface area (Å²) in [5.41, 5.74) is 4.12. The van der Waals surface area contributed by atoms with Gasteiger partial charge in [-0.1, -0.05) is 30.3 Å². The normalized spacial score (nSPS) is 10.5. The second-order valence-corrected chi connectivity index (χ2v) is 4.68. The molecule has 0 fully saturated rings. The van der Waals surface area contributed by atoms with Gasteiger partial charge in [-0.25, -0.2) is 5.48 Å². The third kappa shape index (κ3) is 5.16. The van der Waals surface area contributed by atoms with Crippen molar-refractivity contribution in [1.29, 1.82) is 0 Å². The first-order valence-corrected chi connectivity index (χ1v) is 7.08. The van der Waals surface area contributed by atoms with Gasteiger partial charge >= 0.3 is 0 Å².